The van der Waals surface area contributed by atoms with Gasteiger partial charge in [-0.15, -0.1) is 11.3 Å². The first-order valence-electron chi connectivity index (χ1n) is 6.78. The molecule has 3 aromatic rings. The number of hydrogen-bond donors (Lipinski definition) is 1. The minimum Gasteiger partial charge on any atom is -0.470 e. The smallest absolute Gasteiger partial charge is 0.100 e. The number of furan rings is 1. The highest BCUT2D eigenvalue weighted by Crippen LogP contribution is 2.03. The maximum absolute atomic E-state index is 4.83. The van der Waals surface area contributed by atoms with Gasteiger partial charge in [0.1, 0.15) is 5.76 Å². The van der Waals surface area contributed by atoms with E-state index in [9.17, 15) is 0 Å². The zero-order valence-electron chi connectivity index (χ0n) is 13.0. The summed E-state index contributed by atoms with van der Waals surface area (Å²) in [6.07, 6.45) is 3.57. The molecule has 0 saturated carbocycles. The number of aryl methyl sites for hydroxylation is 3. The van der Waals surface area contributed by atoms with Crippen molar-refractivity contribution >= 4 is 11.3 Å². The Bertz CT molecular complexity index is 404. The topological polar surface area (TPSA) is 28.9 Å². The minimum absolute atomic E-state index is 0.968. The zero-order valence-corrected chi connectivity index (χ0v) is 13.8. The second-order valence-electron chi connectivity index (χ2n) is 3.80. The maximum atomic E-state index is 4.83. The molecule has 3 aromatic heterocycles. The van der Waals surface area contributed by atoms with Crippen LogP contribution in [-0.2, 0) is 0 Å². The van der Waals surface area contributed by atoms with Crippen molar-refractivity contribution in [2.24, 2.45) is 0 Å². The minimum atomic E-state index is 0.968. The molecule has 20 heavy (non-hydrogen) atoms. The summed E-state index contributed by atoms with van der Waals surface area (Å²) in [5.74, 6) is 0.968. The van der Waals surface area contributed by atoms with E-state index in [1.54, 1.807) is 17.6 Å². The molecule has 3 heterocycles. The summed E-state index contributed by atoms with van der Waals surface area (Å²) in [6, 6.07) is 12.0. The van der Waals surface area contributed by atoms with Gasteiger partial charge in [-0.1, -0.05) is 19.9 Å². The van der Waals surface area contributed by atoms with Crippen molar-refractivity contribution in [2.75, 3.05) is 0 Å². The van der Waals surface area contributed by atoms with Crippen LogP contribution in [0.1, 0.15) is 30.2 Å². The molecule has 1 N–H and O–H groups in total. The van der Waals surface area contributed by atoms with Gasteiger partial charge in [-0.2, -0.15) is 0 Å². The van der Waals surface area contributed by atoms with Crippen LogP contribution < -0.4 is 0 Å². The maximum Gasteiger partial charge on any atom is 0.100 e. The van der Waals surface area contributed by atoms with Gasteiger partial charge in [-0.05, 0) is 56.5 Å². The van der Waals surface area contributed by atoms with E-state index in [0.717, 1.165) is 5.76 Å². The molecular weight excluding hydrogens is 266 g/mol. The number of H-pyrrole nitrogens is 1. The Morgan fingerprint density at radius 2 is 1.70 bits per heavy atom. The fraction of sp³-hybridized carbons (Fsp3) is 0.294. The average Bonchev–Trinajstić information content (AvgIpc) is 3.19. The lowest BCUT2D eigenvalue weighted by Crippen LogP contribution is -1.59. The van der Waals surface area contributed by atoms with Crippen molar-refractivity contribution in [3.63, 3.8) is 0 Å². The molecule has 0 aliphatic carbocycles. The van der Waals surface area contributed by atoms with Crippen LogP contribution in [0.15, 0.2) is 58.7 Å². The quantitative estimate of drug-likeness (QED) is 0.541. The highest BCUT2D eigenvalue weighted by Gasteiger charge is 1.76. The molecule has 0 aromatic carbocycles. The third kappa shape index (κ3) is 10.2. The second kappa shape index (κ2) is 12.3. The summed E-state index contributed by atoms with van der Waals surface area (Å²) < 4.78 is 4.83. The first kappa shape index (κ1) is 18.3. The van der Waals surface area contributed by atoms with Gasteiger partial charge < -0.3 is 9.40 Å². The van der Waals surface area contributed by atoms with Crippen LogP contribution in [0.5, 0.6) is 0 Å². The van der Waals surface area contributed by atoms with E-state index in [1.165, 1.54) is 10.6 Å². The van der Waals surface area contributed by atoms with Gasteiger partial charge in [0, 0.05) is 16.8 Å². The number of nitrogens with one attached hydrogen (secondary N) is 1. The molecule has 0 bridgehead atoms. The molecular formula is C17H25NOS. The number of thiophene rings is 1. The van der Waals surface area contributed by atoms with Crippen molar-refractivity contribution in [1.82, 2.24) is 4.98 Å². The zero-order chi connectivity index (χ0) is 15.2. The lowest BCUT2D eigenvalue weighted by molar-refractivity contribution is 0.534. The summed E-state index contributed by atoms with van der Waals surface area (Å²) in [5, 5.41) is 2.08. The summed E-state index contributed by atoms with van der Waals surface area (Å²) in [7, 11) is 0. The van der Waals surface area contributed by atoms with Gasteiger partial charge in [0.25, 0.3) is 0 Å². The predicted molar refractivity (Wildman–Crippen MR) is 89.4 cm³/mol. The van der Waals surface area contributed by atoms with Crippen LogP contribution in [0.3, 0.4) is 0 Å². The molecule has 0 aliphatic heterocycles. The first-order chi connectivity index (χ1) is 9.68. The summed E-state index contributed by atoms with van der Waals surface area (Å²) in [6.45, 7) is 10.0. The molecule has 110 valence electrons. The molecule has 0 spiro atoms. The first-order valence-corrected chi connectivity index (χ1v) is 7.66. The lowest BCUT2D eigenvalue weighted by Gasteiger charge is -1.70. The van der Waals surface area contributed by atoms with Crippen molar-refractivity contribution < 1.29 is 4.42 Å². The van der Waals surface area contributed by atoms with Crippen LogP contribution in [0.2, 0.25) is 0 Å². The van der Waals surface area contributed by atoms with E-state index in [-0.39, 0.29) is 0 Å². The lowest BCUT2D eigenvalue weighted by atomic mass is 10.5. The van der Waals surface area contributed by atoms with Crippen LogP contribution in [0, 0.1) is 20.8 Å². The number of aromatic amines is 1. The van der Waals surface area contributed by atoms with Gasteiger partial charge in [0.15, 0.2) is 0 Å². The van der Waals surface area contributed by atoms with Crippen LogP contribution >= 0.6 is 11.3 Å². The number of aromatic nitrogens is 1. The molecule has 2 nitrogen and oxygen atoms in total. The highest BCUT2D eigenvalue weighted by atomic mass is 32.1. The molecule has 3 heteroatoms. The number of hydrogen-bond acceptors (Lipinski definition) is 2. The molecule has 0 unspecified atom stereocenters. The van der Waals surface area contributed by atoms with E-state index < -0.39 is 0 Å². The Labute approximate surface area is 126 Å². The van der Waals surface area contributed by atoms with E-state index in [1.807, 2.05) is 58.2 Å². The summed E-state index contributed by atoms with van der Waals surface area (Å²) >= 11 is 1.78. The molecule has 0 saturated heterocycles. The predicted octanol–water partition coefficient (Wildman–Crippen LogP) is 5.99. The fourth-order valence-corrected chi connectivity index (χ4v) is 1.67. The van der Waals surface area contributed by atoms with Crippen molar-refractivity contribution in [3.8, 4) is 0 Å². The number of rotatable bonds is 0. The van der Waals surface area contributed by atoms with Gasteiger partial charge >= 0.3 is 0 Å². The molecule has 3 rings (SSSR count). The Kier molecular flexibility index (Phi) is 11.2. The fourth-order valence-electron chi connectivity index (χ4n) is 1.14. The molecule has 0 amide bonds. The Morgan fingerprint density at radius 3 is 1.85 bits per heavy atom. The van der Waals surface area contributed by atoms with Crippen molar-refractivity contribution in [3.05, 3.63) is 70.6 Å². The Hall–Kier alpha value is -1.74. The van der Waals surface area contributed by atoms with Crippen molar-refractivity contribution in [2.45, 2.75) is 34.6 Å². The van der Waals surface area contributed by atoms with Gasteiger partial charge in [-0.3, -0.25) is 0 Å². The second-order valence-corrected chi connectivity index (χ2v) is 4.95. The molecule has 0 radical (unpaired) electrons. The van der Waals surface area contributed by atoms with Crippen molar-refractivity contribution in [1.29, 1.82) is 0 Å². The van der Waals surface area contributed by atoms with Crippen LogP contribution in [0.25, 0.3) is 0 Å². The van der Waals surface area contributed by atoms with Crippen LogP contribution in [0.4, 0.5) is 0 Å². The molecule has 0 fully saturated rings. The van der Waals surface area contributed by atoms with Gasteiger partial charge in [-0.25, -0.2) is 0 Å². The SMILES string of the molecule is CC.Cc1ccc[nH]1.Cc1ccco1.Cc1cccs1. The van der Waals surface area contributed by atoms with Gasteiger partial charge in [0.2, 0.25) is 0 Å². The standard InChI is InChI=1S/C5H7N.C5H6O.C5H6S.C2H6/c3*1-5-3-2-4-6-5;1-2/h2-4,6H,1H3;2*2-4H,1H3;1-2H3. The van der Waals surface area contributed by atoms with Gasteiger partial charge in [0.05, 0.1) is 6.26 Å². The normalized spacial score (nSPS) is 8.25. The monoisotopic (exact) mass is 291 g/mol. The summed E-state index contributed by atoms with van der Waals surface area (Å²) in [5.41, 5.74) is 1.22. The van der Waals surface area contributed by atoms with E-state index in [4.69, 9.17) is 4.42 Å². The van der Waals surface area contributed by atoms with E-state index in [2.05, 4.69) is 29.4 Å². The Morgan fingerprint density at radius 1 is 0.950 bits per heavy atom. The summed E-state index contributed by atoms with van der Waals surface area (Å²) in [4.78, 5) is 4.38. The third-order valence-corrected chi connectivity index (χ3v) is 2.88. The molecule has 0 atom stereocenters. The van der Waals surface area contributed by atoms with Crippen LogP contribution in [-0.4, -0.2) is 4.98 Å². The Balaban J connectivity index is 0.000000255. The average molecular weight is 291 g/mol. The highest BCUT2D eigenvalue weighted by molar-refractivity contribution is 7.09. The largest absolute Gasteiger partial charge is 0.470 e. The van der Waals surface area contributed by atoms with E-state index in [0.29, 0.717) is 0 Å². The van der Waals surface area contributed by atoms with E-state index >= 15 is 0 Å². The third-order valence-electron chi connectivity index (χ3n) is 2.08. The molecule has 0 aliphatic rings.